The Morgan fingerprint density at radius 3 is 2.29 bits per heavy atom. The normalized spacial score (nSPS) is 10.4. The molecule has 0 radical (unpaired) electrons. The SMILES string of the molecule is CCCNCc1ccccc1COc1ccccc1OC. The number of nitrogens with one attached hydrogen (secondary N) is 1. The predicted octanol–water partition coefficient (Wildman–Crippen LogP) is 3.77. The molecular formula is C18H23NO2. The molecule has 0 saturated carbocycles. The van der Waals surface area contributed by atoms with Gasteiger partial charge >= 0.3 is 0 Å². The molecule has 0 fully saturated rings. The average Bonchev–Trinajstić information content (AvgIpc) is 2.54. The summed E-state index contributed by atoms with van der Waals surface area (Å²) in [6.07, 6.45) is 1.14. The number of rotatable bonds is 8. The van der Waals surface area contributed by atoms with Crippen LogP contribution in [-0.4, -0.2) is 13.7 Å². The largest absolute Gasteiger partial charge is 0.493 e. The second kappa shape index (κ2) is 8.32. The van der Waals surface area contributed by atoms with Crippen molar-refractivity contribution in [3.05, 3.63) is 59.7 Å². The van der Waals surface area contributed by atoms with Gasteiger partial charge < -0.3 is 14.8 Å². The van der Waals surface area contributed by atoms with E-state index in [4.69, 9.17) is 9.47 Å². The number of para-hydroxylation sites is 2. The summed E-state index contributed by atoms with van der Waals surface area (Å²) in [5.74, 6) is 1.54. The Kier molecular flexibility index (Phi) is 6.10. The number of hydrogen-bond acceptors (Lipinski definition) is 3. The lowest BCUT2D eigenvalue weighted by molar-refractivity contribution is 0.283. The minimum atomic E-state index is 0.546. The molecule has 0 bridgehead atoms. The third-order valence-corrected chi connectivity index (χ3v) is 3.31. The van der Waals surface area contributed by atoms with Gasteiger partial charge in [-0.1, -0.05) is 43.3 Å². The molecule has 0 aromatic heterocycles. The Morgan fingerprint density at radius 2 is 1.57 bits per heavy atom. The molecule has 0 spiro atoms. The van der Waals surface area contributed by atoms with E-state index in [2.05, 4.69) is 30.4 Å². The molecule has 0 unspecified atom stereocenters. The highest BCUT2D eigenvalue weighted by atomic mass is 16.5. The number of ether oxygens (including phenoxy) is 2. The van der Waals surface area contributed by atoms with E-state index in [1.807, 2.05) is 30.3 Å². The molecule has 0 aliphatic rings. The van der Waals surface area contributed by atoms with E-state index in [0.717, 1.165) is 31.0 Å². The molecule has 2 aromatic carbocycles. The van der Waals surface area contributed by atoms with Crippen LogP contribution < -0.4 is 14.8 Å². The summed E-state index contributed by atoms with van der Waals surface area (Å²) in [6.45, 7) is 4.62. The minimum Gasteiger partial charge on any atom is -0.493 e. The monoisotopic (exact) mass is 285 g/mol. The lowest BCUT2D eigenvalue weighted by atomic mass is 10.1. The van der Waals surface area contributed by atoms with Crippen molar-refractivity contribution in [2.24, 2.45) is 0 Å². The molecular weight excluding hydrogens is 262 g/mol. The molecule has 0 aliphatic heterocycles. The van der Waals surface area contributed by atoms with Crippen LogP contribution >= 0.6 is 0 Å². The van der Waals surface area contributed by atoms with Crippen LogP contribution in [0.5, 0.6) is 11.5 Å². The summed E-state index contributed by atoms with van der Waals surface area (Å²) in [5, 5.41) is 3.43. The molecule has 0 saturated heterocycles. The molecule has 1 N–H and O–H groups in total. The fourth-order valence-corrected chi connectivity index (χ4v) is 2.16. The quantitative estimate of drug-likeness (QED) is 0.749. The van der Waals surface area contributed by atoms with Crippen LogP contribution in [0.2, 0.25) is 0 Å². The van der Waals surface area contributed by atoms with Crippen molar-refractivity contribution in [2.45, 2.75) is 26.5 Å². The van der Waals surface area contributed by atoms with Crippen molar-refractivity contribution in [2.75, 3.05) is 13.7 Å². The third kappa shape index (κ3) is 4.50. The Morgan fingerprint density at radius 1 is 0.905 bits per heavy atom. The topological polar surface area (TPSA) is 30.5 Å². The lowest BCUT2D eigenvalue weighted by Crippen LogP contribution is -2.15. The number of benzene rings is 2. The molecule has 0 aliphatic carbocycles. The van der Waals surface area contributed by atoms with Gasteiger partial charge in [-0.25, -0.2) is 0 Å². The van der Waals surface area contributed by atoms with Crippen LogP contribution in [-0.2, 0) is 13.2 Å². The molecule has 0 amide bonds. The van der Waals surface area contributed by atoms with E-state index >= 15 is 0 Å². The van der Waals surface area contributed by atoms with E-state index in [0.29, 0.717) is 6.61 Å². The van der Waals surface area contributed by atoms with Crippen LogP contribution in [0.25, 0.3) is 0 Å². The molecule has 2 rings (SSSR count). The van der Waals surface area contributed by atoms with Crippen LogP contribution in [0.1, 0.15) is 24.5 Å². The van der Waals surface area contributed by atoms with Crippen molar-refractivity contribution in [3.8, 4) is 11.5 Å². The van der Waals surface area contributed by atoms with E-state index in [9.17, 15) is 0 Å². The Balaban J connectivity index is 2.02. The van der Waals surface area contributed by atoms with Gasteiger partial charge in [0.05, 0.1) is 7.11 Å². The van der Waals surface area contributed by atoms with E-state index in [1.165, 1.54) is 11.1 Å². The van der Waals surface area contributed by atoms with Gasteiger partial charge in [0.1, 0.15) is 6.61 Å². The molecule has 112 valence electrons. The van der Waals surface area contributed by atoms with Crippen molar-refractivity contribution >= 4 is 0 Å². The van der Waals surface area contributed by atoms with Gasteiger partial charge in [-0.2, -0.15) is 0 Å². The highest BCUT2D eigenvalue weighted by Crippen LogP contribution is 2.27. The first kappa shape index (κ1) is 15.4. The molecule has 21 heavy (non-hydrogen) atoms. The fourth-order valence-electron chi connectivity index (χ4n) is 2.16. The summed E-state index contributed by atoms with van der Waals surface area (Å²) >= 11 is 0. The van der Waals surface area contributed by atoms with E-state index < -0.39 is 0 Å². The first-order valence-electron chi connectivity index (χ1n) is 7.38. The zero-order valence-electron chi connectivity index (χ0n) is 12.8. The maximum absolute atomic E-state index is 5.91. The maximum atomic E-state index is 5.91. The zero-order valence-corrected chi connectivity index (χ0v) is 12.8. The predicted molar refractivity (Wildman–Crippen MR) is 85.8 cm³/mol. The molecule has 0 heterocycles. The number of methoxy groups -OCH3 is 1. The van der Waals surface area contributed by atoms with Gasteiger partial charge in [-0.05, 0) is 36.2 Å². The highest BCUT2D eigenvalue weighted by Gasteiger charge is 2.05. The Bertz CT molecular complexity index is 554. The average molecular weight is 285 g/mol. The lowest BCUT2D eigenvalue weighted by Gasteiger charge is -2.13. The standard InChI is InChI=1S/C18H23NO2/c1-3-12-19-13-15-8-4-5-9-16(15)14-21-18-11-7-6-10-17(18)20-2/h4-11,19H,3,12-14H2,1-2H3. The van der Waals surface area contributed by atoms with E-state index in [1.54, 1.807) is 7.11 Å². The van der Waals surface area contributed by atoms with Crippen LogP contribution in [0, 0.1) is 0 Å². The fraction of sp³-hybridized carbons (Fsp3) is 0.333. The van der Waals surface area contributed by atoms with Gasteiger partial charge in [0, 0.05) is 6.54 Å². The van der Waals surface area contributed by atoms with Gasteiger partial charge in [0.2, 0.25) is 0 Å². The van der Waals surface area contributed by atoms with Gasteiger partial charge in [-0.3, -0.25) is 0 Å². The van der Waals surface area contributed by atoms with Crippen LogP contribution in [0.4, 0.5) is 0 Å². The summed E-state index contributed by atoms with van der Waals surface area (Å²) in [7, 11) is 1.66. The van der Waals surface area contributed by atoms with E-state index in [-0.39, 0.29) is 0 Å². The van der Waals surface area contributed by atoms with Crippen molar-refractivity contribution < 1.29 is 9.47 Å². The van der Waals surface area contributed by atoms with Crippen LogP contribution in [0.3, 0.4) is 0 Å². The van der Waals surface area contributed by atoms with Crippen molar-refractivity contribution in [1.82, 2.24) is 5.32 Å². The molecule has 2 aromatic rings. The first-order chi connectivity index (χ1) is 10.3. The summed E-state index contributed by atoms with van der Waals surface area (Å²) in [4.78, 5) is 0. The Labute approximate surface area is 126 Å². The Hall–Kier alpha value is -2.00. The first-order valence-corrected chi connectivity index (χ1v) is 7.38. The van der Waals surface area contributed by atoms with Gasteiger partial charge in [0.25, 0.3) is 0 Å². The zero-order chi connectivity index (χ0) is 14.9. The summed E-state index contributed by atoms with van der Waals surface area (Å²) in [6, 6.07) is 16.1. The van der Waals surface area contributed by atoms with Gasteiger partial charge in [0.15, 0.2) is 11.5 Å². The number of hydrogen-bond donors (Lipinski definition) is 1. The van der Waals surface area contributed by atoms with Crippen molar-refractivity contribution in [3.63, 3.8) is 0 Å². The van der Waals surface area contributed by atoms with Crippen LogP contribution in [0.15, 0.2) is 48.5 Å². The smallest absolute Gasteiger partial charge is 0.161 e. The second-order valence-corrected chi connectivity index (χ2v) is 4.89. The molecule has 3 heteroatoms. The molecule has 0 atom stereocenters. The second-order valence-electron chi connectivity index (χ2n) is 4.89. The molecule has 3 nitrogen and oxygen atoms in total. The summed E-state index contributed by atoms with van der Waals surface area (Å²) < 4.78 is 11.2. The van der Waals surface area contributed by atoms with Crippen molar-refractivity contribution in [1.29, 1.82) is 0 Å². The summed E-state index contributed by atoms with van der Waals surface area (Å²) in [5.41, 5.74) is 2.48. The maximum Gasteiger partial charge on any atom is 0.161 e. The highest BCUT2D eigenvalue weighted by molar-refractivity contribution is 5.39. The minimum absolute atomic E-state index is 0.546. The van der Waals surface area contributed by atoms with Gasteiger partial charge in [-0.15, -0.1) is 0 Å². The third-order valence-electron chi connectivity index (χ3n) is 3.31.